The Kier molecular flexibility index (Phi) is 9.81. The zero-order chi connectivity index (χ0) is 11.2. The molecule has 0 aromatic heterocycles. The minimum Gasteiger partial charge on any atom is -0.319 e. The van der Waals surface area contributed by atoms with Crippen LogP contribution in [0.5, 0.6) is 0 Å². The Balaban J connectivity index is 0.00000144. The maximum Gasteiger partial charge on any atom is 0.00107 e. The summed E-state index contributed by atoms with van der Waals surface area (Å²) in [6, 6.07) is 0. The summed E-state index contributed by atoms with van der Waals surface area (Å²) in [5.74, 6) is 3.91. The van der Waals surface area contributed by atoms with Crippen LogP contribution in [0.4, 0.5) is 0 Å². The largest absolute Gasteiger partial charge is 0.319 e. The third kappa shape index (κ3) is 5.30. The molecule has 0 aliphatic heterocycles. The van der Waals surface area contributed by atoms with Crippen LogP contribution in [0.25, 0.3) is 0 Å². The second-order valence-electron chi connectivity index (χ2n) is 5.89. The van der Waals surface area contributed by atoms with Crippen molar-refractivity contribution in [3.63, 3.8) is 0 Å². The standard InChI is InChI=1S/C15H28N.2CH4/c1-16-12-13-7-3-2-4-10-15(11-13)14-8-5-6-9-14;;/h14-16H,2-12H2,1H3;2*1H4. The summed E-state index contributed by atoms with van der Waals surface area (Å²) < 4.78 is 0. The molecule has 2 aliphatic rings. The molecule has 1 unspecified atom stereocenters. The Morgan fingerprint density at radius 3 is 2.17 bits per heavy atom. The van der Waals surface area contributed by atoms with Crippen LogP contribution in [0, 0.1) is 17.8 Å². The lowest BCUT2D eigenvalue weighted by molar-refractivity contribution is 0.277. The van der Waals surface area contributed by atoms with E-state index in [2.05, 4.69) is 12.4 Å². The molecule has 1 nitrogen and oxygen atoms in total. The smallest absolute Gasteiger partial charge is 0.00107 e. The summed E-state index contributed by atoms with van der Waals surface area (Å²) in [6.45, 7) is 1.17. The lowest BCUT2D eigenvalue weighted by Gasteiger charge is -2.30. The van der Waals surface area contributed by atoms with E-state index in [1.807, 2.05) is 0 Å². The van der Waals surface area contributed by atoms with E-state index >= 15 is 0 Å². The molecule has 2 rings (SSSR count). The van der Waals surface area contributed by atoms with Crippen molar-refractivity contribution >= 4 is 0 Å². The van der Waals surface area contributed by atoms with E-state index in [0.717, 1.165) is 11.8 Å². The van der Waals surface area contributed by atoms with Crippen LogP contribution in [-0.2, 0) is 0 Å². The summed E-state index contributed by atoms with van der Waals surface area (Å²) in [5, 5.41) is 3.36. The molecule has 1 radical (unpaired) electrons. The van der Waals surface area contributed by atoms with Crippen molar-refractivity contribution < 1.29 is 0 Å². The monoisotopic (exact) mass is 254 g/mol. The van der Waals surface area contributed by atoms with E-state index in [9.17, 15) is 0 Å². The zero-order valence-electron chi connectivity index (χ0n) is 10.9. The molecule has 2 saturated carbocycles. The molecular formula is C17H36N. The second kappa shape index (κ2) is 9.83. The SMILES string of the molecule is C.C.CNC[C]1CCCCCC(C2CCCC2)C1. The van der Waals surface area contributed by atoms with Crippen LogP contribution in [0.15, 0.2) is 0 Å². The van der Waals surface area contributed by atoms with Gasteiger partial charge in [0.1, 0.15) is 0 Å². The lowest BCUT2D eigenvalue weighted by atomic mass is 9.77. The van der Waals surface area contributed by atoms with Gasteiger partial charge in [0.2, 0.25) is 0 Å². The Morgan fingerprint density at radius 1 is 0.889 bits per heavy atom. The molecule has 2 aliphatic carbocycles. The van der Waals surface area contributed by atoms with E-state index < -0.39 is 0 Å². The molecule has 109 valence electrons. The molecule has 1 N–H and O–H groups in total. The highest BCUT2D eigenvalue weighted by molar-refractivity contribution is 4.96. The first-order valence-corrected chi connectivity index (χ1v) is 7.38. The molecule has 0 heterocycles. The van der Waals surface area contributed by atoms with Gasteiger partial charge in [-0.1, -0.05) is 66.2 Å². The number of hydrogen-bond acceptors (Lipinski definition) is 1. The van der Waals surface area contributed by atoms with Crippen molar-refractivity contribution in [3.05, 3.63) is 5.92 Å². The molecule has 1 heteroatoms. The summed E-state index contributed by atoms with van der Waals surface area (Å²) in [4.78, 5) is 0. The van der Waals surface area contributed by atoms with Crippen molar-refractivity contribution in [2.24, 2.45) is 11.8 Å². The minimum absolute atomic E-state index is 0. The van der Waals surface area contributed by atoms with Crippen LogP contribution < -0.4 is 5.32 Å². The maximum atomic E-state index is 3.36. The Labute approximate surface area is 116 Å². The zero-order valence-corrected chi connectivity index (χ0v) is 10.9. The highest BCUT2D eigenvalue weighted by Crippen LogP contribution is 2.39. The van der Waals surface area contributed by atoms with E-state index in [0.29, 0.717) is 0 Å². The van der Waals surface area contributed by atoms with Crippen molar-refractivity contribution in [3.8, 4) is 0 Å². The van der Waals surface area contributed by atoms with Gasteiger partial charge >= 0.3 is 0 Å². The second-order valence-corrected chi connectivity index (χ2v) is 5.89. The molecule has 0 saturated heterocycles. The third-order valence-corrected chi connectivity index (χ3v) is 4.65. The topological polar surface area (TPSA) is 12.0 Å². The first kappa shape index (κ1) is 18.0. The van der Waals surface area contributed by atoms with E-state index in [4.69, 9.17) is 0 Å². The van der Waals surface area contributed by atoms with Gasteiger partial charge in [-0.3, -0.25) is 0 Å². The highest BCUT2D eigenvalue weighted by atomic mass is 14.8. The average Bonchev–Trinajstić information content (AvgIpc) is 2.75. The van der Waals surface area contributed by atoms with Gasteiger partial charge in [-0.05, 0) is 37.6 Å². The van der Waals surface area contributed by atoms with Crippen LogP contribution in [0.3, 0.4) is 0 Å². The van der Waals surface area contributed by atoms with E-state index in [1.54, 1.807) is 5.92 Å². The number of hydrogen-bond donors (Lipinski definition) is 1. The molecule has 0 spiro atoms. The van der Waals surface area contributed by atoms with Crippen molar-refractivity contribution in [1.82, 2.24) is 5.32 Å². The third-order valence-electron chi connectivity index (χ3n) is 4.65. The summed E-state index contributed by atoms with van der Waals surface area (Å²) in [5.41, 5.74) is 0. The minimum atomic E-state index is 0. The number of nitrogens with one attached hydrogen (secondary N) is 1. The fourth-order valence-electron chi connectivity index (χ4n) is 3.77. The van der Waals surface area contributed by atoms with Crippen molar-refractivity contribution in [1.29, 1.82) is 0 Å². The molecule has 18 heavy (non-hydrogen) atoms. The highest BCUT2D eigenvalue weighted by Gasteiger charge is 2.28. The first-order chi connectivity index (χ1) is 7.90. The van der Waals surface area contributed by atoms with Crippen LogP contribution in [0.1, 0.15) is 79.1 Å². The van der Waals surface area contributed by atoms with Gasteiger partial charge in [-0.2, -0.15) is 0 Å². The Morgan fingerprint density at radius 2 is 1.50 bits per heavy atom. The van der Waals surface area contributed by atoms with Gasteiger partial charge in [0, 0.05) is 6.54 Å². The summed E-state index contributed by atoms with van der Waals surface area (Å²) in [7, 11) is 2.09. The Bertz CT molecular complexity index is 184. The molecule has 2 fully saturated rings. The van der Waals surface area contributed by atoms with Gasteiger partial charge in [-0.15, -0.1) is 0 Å². The summed E-state index contributed by atoms with van der Waals surface area (Å²) in [6.07, 6.45) is 14.8. The normalized spacial score (nSPS) is 26.8. The molecule has 0 aromatic carbocycles. The summed E-state index contributed by atoms with van der Waals surface area (Å²) >= 11 is 0. The Hall–Kier alpha value is -0.0400. The molecule has 0 amide bonds. The van der Waals surface area contributed by atoms with Gasteiger partial charge in [0.15, 0.2) is 0 Å². The fourth-order valence-corrected chi connectivity index (χ4v) is 3.77. The lowest BCUT2D eigenvalue weighted by Crippen LogP contribution is -2.24. The molecular weight excluding hydrogens is 218 g/mol. The van der Waals surface area contributed by atoms with Gasteiger partial charge < -0.3 is 5.32 Å². The van der Waals surface area contributed by atoms with Crippen LogP contribution >= 0.6 is 0 Å². The van der Waals surface area contributed by atoms with Gasteiger partial charge in [0.25, 0.3) is 0 Å². The number of rotatable bonds is 3. The van der Waals surface area contributed by atoms with Crippen molar-refractivity contribution in [2.45, 2.75) is 79.1 Å². The molecule has 0 bridgehead atoms. The van der Waals surface area contributed by atoms with E-state index in [-0.39, 0.29) is 14.9 Å². The first-order valence-electron chi connectivity index (χ1n) is 7.38. The van der Waals surface area contributed by atoms with Crippen LogP contribution in [-0.4, -0.2) is 13.6 Å². The fraction of sp³-hybridized carbons (Fsp3) is 0.941. The van der Waals surface area contributed by atoms with Crippen molar-refractivity contribution in [2.75, 3.05) is 13.6 Å². The molecule has 0 aromatic rings. The van der Waals surface area contributed by atoms with Gasteiger partial charge in [-0.25, -0.2) is 0 Å². The van der Waals surface area contributed by atoms with E-state index in [1.165, 1.54) is 70.8 Å². The predicted molar refractivity (Wildman–Crippen MR) is 83.8 cm³/mol. The van der Waals surface area contributed by atoms with Crippen LogP contribution in [0.2, 0.25) is 0 Å². The quantitative estimate of drug-likeness (QED) is 0.728. The predicted octanol–water partition coefficient (Wildman–Crippen LogP) is 5.21. The molecule has 1 atom stereocenters. The average molecular weight is 254 g/mol. The van der Waals surface area contributed by atoms with Gasteiger partial charge in [0.05, 0.1) is 0 Å². The maximum absolute atomic E-state index is 3.36.